The highest BCUT2D eigenvalue weighted by atomic mass is 32.2. The highest BCUT2D eigenvalue weighted by Crippen LogP contribution is 2.23. The molecule has 400 valence electrons. The van der Waals surface area contributed by atoms with Gasteiger partial charge in [-0.25, -0.2) is 0 Å². The second-order valence-electron chi connectivity index (χ2n) is 19.5. The summed E-state index contributed by atoms with van der Waals surface area (Å²) >= 11 is 3.51. The van der Waals surface area contributed by atoms with Gasteiger partial charge < -0.3 is 48.5 Å². The van der Waals surface area contributed by atoms with Crippen LogP contribution in [0.15, 0.2) is 35.3 Å². The fourth-order valence-corrected chi connectivity index (χ4v) is 11.0. The van der Waals surface area contributed by atoms with Gasteiger partial charge in [-0.15, -0.1) is 35.3 Å². The van der Waals surface area contributed by atoms with Gasteiger partial charge in [0.15, 0.2) is 29.1 Å². The lowest BCUT2D eigenvalue weighted by molar-refractivity contribution is -0.142. The first kappa shape index (κ1) is 61.3. The molecule has 0 aliphatic carbocycles. The third-order valence-electron chi connectivity index (χ3n) is 11.8. The predicted octanol–water partition coefficient (Wildman–Crippen LogP) is 1.51. The number of fused-ring (bicyclic) bond motifs is 6. The SMILES string of the molecule is CC(C)C(=O)[C@@H]1CSCC(=O)N[C@@H](CCCCNC(C)(C)C)C(=O)N[C@H]2CSCSC[C@H](NC(=O)[C@H](CC(=O)O)CC(=O)CNC(=O)[C@H](CCCN=C(N)N)CC2=O)C(=O)C[C@@H](Cc2ccccc2)C(=O)N1. The third-order valence-corrected chi connectivity index (χ3v) is 15.3. The van der Waals surface area contributed by atoms with E-state index in [0.717, 1.165) is 11.8 Å². The second-order valence-corrected chi connectivity index (χ2v) is 23.0. The number of aliphatic imine (C=N–C) groups is 1. The number of nitrogens with one attached hydrogen (secondary N) is 6. The number of nitrogens with two attached hydrogens (primary N) is 2. The Balaban J connectivity index is 2.15. The molecule has 2 aliphatic rings. The number of hydrogen-bond donors (Lipinski definition) is 9. The maximum Gasteiger partial charge on any atom is 0.304 e. The van der Waals surface area contributed by atoms with E-state index in [1.807, 2.05) is 20.8 Å². The summed E-state index contributed by atoms with van der Waals surface area (Å²) in [5.74, 6) is -11.3. The van der Waals surface area contributed by atoms with Gasteiger partial charge in [-0.1, -0.05) is 44.2 Å². The number of thioether (sulfide) groups is 3. The summed E-state index contributed by atoms with van der Waals surface area (Å²) in [7, 11) is 0. The molecule has 0 radical (unpaired) electrons. The largest absolute Gasteiger partial charge is 0.481 e. The number of benzene rings is 1. The van der Waals surface area contributed by atoms with E-state index in [0.29, 0.717) is 24.9 Å². The van der Waals surface area contributed by atoms with Crippen LogP contribution in [-0.2, 0) is 54.4 Å². The number of Topliss-reactive ketones (excluding diaryl/α,β-unsaturated/α-hetero) is 4. The van der Waals surface area contributed by atoms with E-state index in [-0.39, 0.29) is 84.0 Å². The Morgan fingerprint density at radius 3 is 1.99 bits per heavy atom. The molecule has 0 unspecified atom stereocenters. The second kappa shape index (κ2) is 31.6. The van der Waals surface area contributed by atoms with E-state index in [9.17, 15) is 53.1 Å². The summed E-state index contributed by atoms with van der Waals surface area (Å²) in [5.41, 5.74) is 11.6. The lowest BCUT2D eigenvalue weighted by Crippen LogP contribution is -2.53. The molecule has 2 fully saturated rings. The number of carbonyl (C=O) groups is 10. The van der Waals surface area contributed by atoms with Gasteiger partial charge >= 0.3 is 5.97 Å². The van der Waals surface area contributed by atoms with Crippen molar-refractivity contribution in [2.75, 3.05) is 47.7 Å². The van der Waals surface area contributed by atoms with Gasteiger partial charge in [0.1, 0.15) is 6.04 Å². The summed E-state index contributed by atoms with van der Waals surface area (Å²) in [6, 6.07) is 4.30. The average Bonchev–Trinajstić information content (AvgIpc) is 3.30. The zero-order chi connectivity index (χ0) is 53.4. The molecule has 2 heterocycles. The Kier molecular flexibility index (Phi) is 26.9. The first-order chi connectivity index (χ1) is 34.0. The number of amides is 5. The molecule has 1 aromatic rings. The van der Waals surface area contributed by atoms with Crippen LogP contribution in [0.4, 0.5) is 0 Å². The van der Waals surface area contributed by atoms with E-state index >= 15 is 0 Å². The number of rotatable bonds is 15. The van der Waals surface area contributed by atoms with Crippen molar-refractivity contribution in [3.63, 3.8) is 0 Å². The zero-order valence-corrected chi connectivity index (χ0v) is 44.5. The highest BCUT2D eigenvalue weighted by molar-refractivity contribution is 8.16. The molecule has 72 heavy (non-hydrogen) atoms. The summed E-state index contributed by atoms with van der Waals surface area (Å²) in [6.07, 6.45) is -0.344. The van der Waals surface area contributed by atoms with Gasteiger partial charge in [-0.3, -0.25) is 52.9 Å². The van der Waals surface area contributed by atoms with E-state index in [4.69, 9.17) is 11.5 Å². The van der Waals surface area contributed by atoms with Gasteiger partial charge in [0.05, 0.1) is 42.8 Å². The predicted molar refractivity (Wildman–Crippen MR) is 281 cm³/mol. The van der Waals surface area contributed by atoms with Crippen molar-refractivity contribution in [2.45, 2.75) is 129 Å². The number of ketones is 4. The van der Waals surface area contributed by atoms with Crippen molar-refractivity contribution in [3.05, 3.63) is 35.9 Å². The molecule has 20 nitrogen and oxygen atoms in total. The zero-order valence-electron chi connectivity index (χ0n) is 42.1. The number of guanidine groups is 1. The van der Waals surface area contributed by atoms with Crippen molar-refractivity contribution in [3.8, 4) is 0 Å². The van der Waals surface area contributed by atoms with Crippen molar-refractivity contribution in [1.82, 2.24) is 31.9 Å². The van der Waals surface area contributed by atoms with Crippen molar-refractivity contribution in [1.29, 1.82) is 0 Å². The molecule has 2 bridgehead atoms. The summed E-state index contributed by atoms with van der Waals surface area (Å²) in [4.78, 5) is 142. The third kappa shape index (κ3) is 23.7. The minimum atomic E-state index is -1.45. The number of carbonyl (C=O) groups excluding carboxylic acids is 9. The molecule has 3 rings (SSSR count). The Labute approximate surface area is 435 Å². The molecule has 23 heteroatoms. The summed E-state index contributed by atoms with van der Waals surface area (Å²) in [5, 5.41) is 27.1. The Hall–Kier alpha value is -5.00. The molecule has 11 N–H and O–H groups in total. The van der Waals surface area contributed by atoms with Crippen LogP contribution in [0.3, 0.4) is 0 Å². The standard InChI is InChI=1S/C49H75N9O11S3/c1-29(2)43(65)38-26-70-27-41(62)55-35(15-9-10-17-54-49(3,4)5)47(69)57-37-25-72-28-71-24-36(40(61)21-32(45(67)58-38)18-30-12-7-6-8-13-30)56-46(68)33(22-42(63)64)19-34(59)23-53-44(66)31(20-39(37)60)14-11-16-52-48(50)51/h6-8,12-13,29,31-33,35-38,54H,9-11,14-28H2,1-5H3,(H,53,66)(H,55,62)(H,56,68)(H,57,69)(H,58,67)(H,63,64)(H4,50,51,52)/t31-,32-,33+,35+,36+,37+,38+/m1/s1. The molecule has 2 aliphatic heterocycles. The Morgan fingerprint density at radius 2 is 1.38 bits per heavy atom. The minimum absolute atomic E-state index is 0.000661. The number of carboxylic acids is 1. The van der Waals surface area contributed by atoms with Crippen LogP contribution in [-0.4, -0.2) is 147 Å². The minimum Gasteiger partial charge on any atom is -0.481 e. The fourth-order valence-electron chi connectivity index (χ4n) is 7.92. The van der Waals surface area contributed by atoms with Gasteiger partial charge in [0.2, 0.25) is 29.5 Å². The Bertz CT molecular complexity index is 2070. The highest BCUT2D eigenvalue weighted by Gasteiger charge is 2.35. The van der Waals surface area contributed by atoms with E-state index in [1.54, 1.807) is 44.2 Å². The lowest BCUT2D eigenvalue weighted by Gasteiger charge is -2.25. The quantitative estimate of drug-likeness (QED) is 0.0683. The average molecular weight is 1060 g/mol. The molecule has 1 aromatic carbocycles. The van der Waals surface area contributed by atoms with Crippen LogP contribution in [0.2, 0.25) is 0 Å². The molecule has 0 saturated carbocycles. The monoisotopic (exact) mass is 1060 g/mol. The molecule has 0 aromatic heterocycles. The number of nitrogens with zero attached hydrogens (tertiary/aromatic N) is 1. The summed E-state index contributed by atoms with van der Waals surface area (Å²) < 4.78 is 0. The van der Waals surface area contributed by atoms with Crippen molar-refractivity contribution >= 4 is 99.9 Å². The summed E-state index contributed by atoms with van der Waals surface area (Å²) in [6.45, 7) is 9.59. The fraction of sp³-hybridized carbons (Fsp3) is 0.653. The Morgan fingerprint density at radius 1 is 0.750 bits per heavy atom. The number of hydrogen-bond acceptors (Lipinski definition) is 15. The van der Waals surface area contributed by atoms with Crippen LogP contribution in [0, 0.1) is 23.7 Å². The van der Waals surface area contributed by atoms with Crippen LogP contribution in [0.5, 0.6) is 0 Å². The van der Waals surface area contributed by atoms with Crippen LogP contribution in [0.25, 0.3) is 0 Å². The molecule has 0 spiro atoms. The molecular formula is C49H75N9O11S3. The van der Waals surface area contributed by atoms with Crippen LogP contribution in [0.1, 0.15) is 98.0 Å². The van der Waals surface area contributed by atoms with Gasteiger partial charge in [0.25, 0.3) is 0 Å². The van der Waals surface area contributed by atoms with Crippen molar-refractivity contribution < 1.29 is 53.1 Å². The molecule has 2 saturated heterocycles. The first-order valence-corrected chi connectivity index (χ1v) is 27.9. The molecular weight excluding hydrogens is 987 g/mol. The topological polar surface area (TPSA) is 328 Å². The number of unbranched alkanes of at least 4 members (excludes halogenated alkanes) is 1. The van der Waals surface area contributed by atoms with Gasteiger partial charge in [-0.2, -0.15) is 0 Å². The smallest absolute Gasteiger partial charge is 0.304 e. The maximum atomic E-state index is 14.5. The van der Waals surface area contributed by atoms with Gasteiger partial charge in [-0.05, 0) is 71.4 Å². The maximum absolute atomic E-state index is 14.5. The van der Waals surface area contributed by atoms with Crippen LogP contribution < -0.4 is 43.4 Å². The van der Waals surface area contributed by atoms with E-state index < -0.39 is 127 Å². The van der Waals surface area contributed by atoms with Crippen LogP contribution >= 0.6 is 35.3 Å². The molecule has 7 atom stereocenters. The van der Waals surface area contributed by atoms with E-state index in [2.05, 4.69) is 36.9 Å². The number of carboxylic acid groups (broad SMARTS) is 1. The van der Waals surface area contributed by atoms with Crippen molar-refractivity contribution in [2.24, 2.45) is 40.1 Å². The first-order valence-electron chi connectivity index (χ1n) is 24.4. The van der Waals surface area contributed by atoms with E-state index in [1.165, 1.54) is 23.5 Å². The normalized spacial score (nSPS) is 24.6. The number of aliphatic carboxylic acids is 1. The molecule has 5 amide bonds. The lowest BCUT2D eigenvalue weighted by atomic mass is 9.90. The van der Waals surface area contributed by atoms with Gasteiger partial charge in [0, 0.05) is 71.4 Å².